The highest BCUT2D eigenvalue weighted by atomic mass is 16.5. The lowest BCUT2D eigenvalue weighted by molar-refractivity contribution is 0.148. The number of hydrogen-bond acceptors (Lipinski definition) is 3. The number of benzene rings is 1. The predicted octanol–water partition coefficient (Wildman–Crippen LogP) is 3.72. The summed E-state index contributed by atoms with van der Waals surface area (Å²) < 4.78 is 5.99. The molecular weight excluding hydrogens is 300 g/mol. The van der Waals surface area contributed by atoms with Crippen LogP contribution in [0.4, 0.5) is 5.69 Å². The summed E-state index contributed by atoms with van der Waals surface area (Å²) in [6.45, 7) is 0.495. The summed E-state index contributed by atoms with van der Waals surface area (Å²) in [5.74, 6) is 1.08. The Labute approximate surface area is 143 Å². The largest absolute Gasteiger partial charge is 0.474 e. The number of nitrogens with one attached hydrogen (secondary N) is 1. The zero-order valence-corrected chi connectivity index (χ0v) is 13.8. The van der Waals surface area contributed by atoms with E-state index in [4.69, 9.17) is 10.5 Å². The van der Waals surface area contributed by atoms with E-state index in [1.54, 1.807) is 6.20 Å². The number of nitrogens with zero attached hydrogens (tertiary/aromatic N) is 2. The van der Waals surface area contributed by atoms with Gasteiger partial charge in [-0.25, -0.2) is 9.98 Å². The number of aliphatic imine (C=N–C) groups is 1. The monoisotopic (exact) mass is 324 g/mol. The molecule has 1 aromatic heterocycles. The molecule has 126 valence electrons. The van der Waals surface area contributed by atoms with Gasteiger partial charge >= 0.3 is 0 Å². The topological polar surface area (TPSA) is 72.5 Å². The second kappa shape index (κ2) is 8.34. The normalized spacial score (nSPS) is 15.9. The first-order valence-electron chi connectivity index (χ1n) is 8.53. The number of ether oxygens (including phenoxy) is 1. The average Bonchev–Trinajstić information content (AvgIpc) is 2.62. The molecular formula is C19H24N4O. The maximum absolute atomic E-state index is 5.99. The first kappa shape index (κ1) is 16.3. The fraction of sp³-hybridized carbons (Fsp3) is 0.368. The Balaban J connectivity index is 1.56. The third-order valence-electron chi connectivity index (χ3n) is 4.12. The Morgan fingerprint density at radius 2 is 1.96 bits per heavy atom. The molecule has 0 saturated heterocycles. The van der Waals surface area contributed by atoms with E-state index in [1.165, 1.54) is 19.3 Å². The molecule has 0 amide bonds. The van der Waals surface area contributed by atoms with Gasteiger partial charge in [-0.15, -0.1) is 0 Å². The van der Waals surface area contributed by atoms with Crippen molar-refractivity contribution in [1.82, 2.24) is 4.98 Å². The number of nitrogens with two attached hydrogens (primary N) is 1. The number of hydrogen-bond donors (Lipinski definition) is 2. The summed E-state index contributed by atoms with van der Waals surface area (Å²) in [5, 5.41) is 3.07. The van der Waals surface area contributed by atoms with Crippen molar-refractivity contribution in [2.45, 2.75) is 44.8 Å². The molecule has 5 nitrogen and oxygen atoms in total. The predicted molar refractivity (Wildman–Crippen MR) is 97.1 cm³/mol. The van der Waals surface area contributed by atoms with Crippen LogP contribution in [0.2, 0.25) is 0 Å². The zero-order valence-electron chi connectivity index (χ0n) is 13.8. The summed E-state index contributed by atoms with van der Waals surface area (Å²) in [5.41, 5.74) is 7.89. The molecule has 0 bridgehead atoms. The van der Waals surface area contributed by atoms with Crippen molar-refractivity contribution in [3.63, 3.8) is 0 Å². The molecule has 0 spiro atoms. The fourth-order valence-corrected chi connectivity index (χ4v) is 2.85. The standard InChI is InChI=1S/C19H24N4O/c20-19(23-16-7-3-1-4-8-16)22-14-15-11-12-21-18(13-15)24-17-9-5-2-6-10-17/h1,3-4,7-8,11-13,17H,2,5-6,9-10,14H2,(H3,20,22,23). The van der Waals surface area contributed by atoms with Crippen LogP contribution in [0.3, 0.4) is 0 Å². The second-order valence-corrected chi connectivity index (χ2v) is 6.07. The molecule has 0 radical (unpaired) electrons. The highest BCUT2D eigenvalue weighted by Gasteiger charge is 2.15. The summed E-state index contributed by atoms with van der Waals surface area (Å²) in [7, 11) is 0. The second-order valence-electron chi connectivity index (χ2n) is 6.07. The highest BCUT2D eigenvalue weighted by molar-refractivity contribution is 5.92. The van der Waals surface area contributed by atoms with E-state index < -0.39 is 0 Å². The quantitative estimate of drug-likeness (QED) is 0.649. The van der Waals surface area contributed by atoms with Crippen LogP contribution in [0.5, 0.6) is 5.88 Å². The number of anilines is 1. The summed E-state index contributed by atoms with van der Waals surface area (Å²) in [6.07, 6.45) is 8.12. The maximum atomic E-state index is 5.99. The Morgan fingerprint density at radius 3 is 2.75 bits per heavy atom. The molecule has 1 fully saturated rings. The van der Waals surface area contributed by atoms with Gasteiger partial charge in [-0.3, -0.25) is 0 Å². The minimum atomic E-state index is 0.301. The first-order valence-corrected chi connectivity index (χ1v) is 8.53. The number of para-hydroxylation sites is 1. The number of rotatable bonds is 5. The Kier molecular flexibility index (Phi) is 5.66. The van der Waals surface area contributed by atoms with Gasteiger partial charge in [0.2, 0.25) is 5.88 Å². The summed E-state index contributed by atoms with van der Waals surface area (Å²) >= 11 is 0. The van der Waals surface area contributed by atoms with E-state index in [-0.39, 0.29) is 0 Å². The molecule has 1 saturated carbocycles. The van der Waals surface area contributed by atoms with Crippen LogP contribution < -0.4 is 15.8 Å². The summed E-state index contributed by atoms with van der Waals surface area (Å²) in [4.78, 5) is 8.69. The smallest absolute Gasteiger partial charge is 0.213 e. The van der Waals surface area contributed by atoms with E-state index in [2.05, 4.69) is 15.3 Å². The van der Waals surface area contributed by atoms with Crippen molar-refractivity contribution in [3.8, 4) is 5.88 Å². The molecule has 1 heterocycles. The fourth-order valence-electron chi connectivity index (χ4n) is 2.85. The van der Waals surface area contributed by atoms with Crippen LogP contribution in [-0.2, 0) is 6.54 Å². The van der Waals surface area contributed by atoms with Gasteiger partial charge in [0.1, 0.15) is 6.10 Å². The van der Waals surface area contributed by atoms with Crippen LogP contribution in [-0.4, -0.2) is 17.0 Å². The molecule has 1 aliphatic carbocycles. The van der Waals surface area contributed by atoms with E-state index in [0.717, 1.165) is 24.1 Å². The average molecular weight is 324 g/mol. The van der Waals surface area contributed by atoms with E-state index in [9.17, 15) is 0 Å². The van der Waals surface area contributed by atoms with Crippen LogP contribution in [0.1, 0.15) is 37.7 Å². The van der Waals surface area contributed by atoms with Crippen molar-refractivity contribution < 1.29 is 4.74 Å². The van der Waals surface area contributed by atoms with Crippen molar-refractivity contribution in [3.05, 3.63) is 54.2 Å². The van der Waals surface area contributed by atoms with E-state index >= 15 is 0 Å². The maximum Gasteiger partial charge on any atom is 0.213 e. The van der Waals surface area contributed by atoms with Gasteiger partial charge in [0.25, 0.3) is 0 Å². The molecule has 0 unspecified atom stereocenters. The van der Waals surface area contributed by atoms with Crippen LogP contribution in [0.15, 0.2) is 53.7 Å². The minimum Gasteiger partial charge on any atom is -0.474 e. The van der Waals surface area contributed by atoms with Gasteiger partial charge in [0.05, 0.1) is 6.54 Å². The molecule has 5 heteroatoms. The zero-order chi connectivity index (χ0) is 16.6. The molecule has 3 rings (SSSR count). The van der Waals surface area contributed by atoms with Gasteiger partial charge in [0, 0.05) is 18.0 Å². The Bertz CT molecular complexity index is 666. The molecule has 1 aliphatic rings. The molecule has 0 aliphatic heterocycles. The molecule has 1 aromatic carbocycles. The lowest BCUT2D eigenvalue weighted by Gasteiger charge is -2.22. The van der Waals surface area contributed by atoms with E-state index in [1.807, 2.05) is 42.5 Å². The lowest BCUT2D eigenvalue weighted by atomic mass is 9.98. The Morgan fingerprint density at radius 1 is 1.17 bits per heavy atom. The lowest BCUT2D eigenvalue weighted by Crippen LogP contribution is -2.22. The Hall–Kier alpha value is -2.56. The van der Waals surface area contributed by atoms with Gasteiger partial charge in [0.15, 0.2) is 5.96 Å². The third kappa shape index (κ3) is 4.98. The van der Waals surface area contributed by atoms with Gasteiger partial charge < -0.3 is 15.8 Å². The van der Waals surface area contributed by atoms with Gasteiger partial charge in [-0.1, -0.05) is 24.6 Å². The number of pyridine rings is 1. The van der Waals surface area contributed by atoms with E-state index in [0.29, 0.717) is 24.5 Å². The van der Waals surface area contributed by atoms with Gasteiger partial charge in [-0.2, -0.15) is 0 Å². The van der Waals surface area contributed by atoms with Crippen LogP contribution in [0, 0.1) is 0 Å². The van der Waals surface area contributed by atoms with Crippen molar-refractivity contribution in [1.29, 1.82) is 0 Å². The number of guanidine groups is 1. The number of aromatic nitrogens is 1. The highest BCUT2D eigenvalue weighted by Crippen LogP contribution is 2.22. The molecule has 3 N–H and O–H groups in total. The van der Waals surface area contributed by atoms with Crippen LogP contribution >= 0.6 is 0 Å². The molecule has 2 aromatic rings. The third-order valence-corrected chi connectivity index (χ3v) is 4.12. The SMILES string of the molecule is NC(=NCc1ccnc(OC2CCCCC2)c1)Nc1ccccc1. The van der Waals surface area contributed by atoms with Crippen molar-refractivity contribution in [2.75, 3.05) is 5.32 Å². The minimum absolute atomic E-state index is 0.301. The molecule has 0 atom stereocenters. The summed E-state index contributed by atoms with van der Waals surface area (Å²) in [6, 6.07) is 13.7. The van der Waals surface area contributed by atoms with Crippen molar-refractivity contribution >= 4 is 11.6 Å². The molecule has 24 heavy (non-hydrogen) atoms. The van der Waals surface area contributed by atoms with Gasteiger partial charge in [-0.05, 0) is 49.4 Å². The first-order chi connectivity index (χ1) is 11.8. The van der Waals surface area contributed by atoms with Crippen molar-refractivity contribution in [2.24, 2.45) is 10.7 Å². The van der Waals surface area contributed by atoms with Crippen LogP contribution in [0.25, 0.3) is 0 Å².